The molecule has 0 atom stereocenters. The smallest absolute Gasteiger partial charge is 0.229 e. The lowest BCUT2D eigenvalue weighted by atomic mass is 10.1. The Balaban J connectivity index is 0.00000338. The molecule has 1 aliphatic heterocycles. The number of benzene rings is 1. The first-order valence-corrected chi connectivity index (χ1v) is 8.57. The maximum absolute atomic E-state index is 11.7. The van der Waals surface area contributed by atoms with Crippen molar-refractivity contribution in [1.29, 1.82) is 0 Å². The molecular weight excluding hydrogens is 447 g/mol. The average Bonchev–Trinajstić information content (AvgIpc) is 2.61. The molecule has 2 rings (SSSR count). The molecule has 1 fully saturated rings. The summed E-state index contributed by atoms with van der Waals surface area (Å²) in [6.45, 7) is 3.96. The van der Waals surface area contributed by atoms with E-state index in [1.54, 1.807) is 7.05 Å². The summed E-state index contributed by atoms with van der Waals surface area (Å²) in [7, 11) is 1.67. The van der Waals surface area contributed by atoms with Gasteiger partial charge >= 0.3 is 0 Å². The molecule has 7 nitrogen and oxygen atoms in total. The van der Waals surface area contributed by atoms with E-state index in [9.17, 15) is 9.59 Å². The lowest BCUT2D eigenvalue weighted by Crippen LogP contribution is -2.47. The van der Waals surface area contributed by atoms with Gasteiger partial charge in [0.1, 0.15) is 12.4 Å². The summed E-state index contributed by atoms with van der Waals surface area (Å²) >= 11 is 0. The summed E-state index contributed by atoms with van der Waals surface area (Å²) in [5.74, 6) is 1.27. The molecule has 1 aliphatic rings. The van der Waals surface area contributed by atoms with Crippen LogP contribution in [-0.2, 0) is 9.59 Å². The van der Waals surface area contributed by atoms with E-state index < -0.39 is 0 Å². The summed E-state index contributed by atoms with van der Waals surface area (Å²) in [5.41, 5.74) is 1.20. The van der Waals surface area contributed by atoms with Gasteiger partial charge in [0.05, 0.1) is 6.54 Å². The number of nitrogens with zero attached hydrogens (tertiary/aromatic N) is 2. The standard InChI is InChI=1S/C18H26N4O3.HI/c1-14-6-8-15(9-7-14)25-13-11-21-18(19-2)20-10-12-22-16(23)4-3-5-17(22)24;/h6-9H,3-5,10-13H2,1-2H3,(H2,19,20,21);1H. The van der Waals surface area contributed by atoms with E-state index in [-0.39, 0.29) is 35.8 Å². The molecule has 0 spiro atoms. The number of carbonyl (C=O) groups excluding carboxylic acids is 2. The Bertz CT molecular complexity index is 603. The van der Waals surface area contributed by atoms with Crippen LogP contribution in [-0.4, -0.2) is 56.0 Å². The van der Waals surface area contributed by atoms with E-state index in [0.29, 0.717) is 51.5 Å². The zero-order chi connectivity index (χ0) is 18.1. The van der Waals surface area contributed by atoms with Crippen molar-refractivity contribution in [2.75, 3.05) is 33.3 Å². The van der Waals surface area contributed by atoms with Crippen LogP contribution in [0.5, 0.6) is 5.75 Å². The maximum atomic E-state index is 11.7. The molecule has 1 aromatic carbocycles. The van der Waals surface area contributed by atoms with Crippen LogP contribution >= 0.6 is 24.0 Å². The van der Waals surface area contributed by atoms with Crippen LogP contribution in [0.1, 0.15) is 24.8 Å². The topological polar surface area (TPSA) is 83.0 Å². The number of hydrogen-bond acceptors (Lipinski definition) is 4. The number of amides is 2. The summed E-state index contributed by atoms with van der Waals surface area (Å²) in [4.78, 5) is 28.9. The fourth-order valence-corrected chi connectivity index (χ4v) is 2.53. The van der Waals surface area contributed by atoms with E-state index in [0.717, 1.165) is 5.75 Å². The summed E-state index contributed by atoms with van der Waals surface area (Å²) < 4.78 is 5.64. The second kappa shape index (κ2) is 11.7. The minimum Gasteiger partial charge on any atom is -0.492 e. The third kappa shape index (κ3) is 7.19. The summed E-state index contributed by atoms with van der Waals surface area (Å²) in [6, 6.07) is 7.89. The van der Waals surface area contributed by atoms with Gasteiger partial charge in [-0.25, -0.2) is 0 Å². The Kier molecular flexibility index (Phi) is 10.0. The Labute approximate surface area is 171 Å². The van der Waals surface area contributed by atoms with Crippen molar-refractivity contribution < 1.29 is 14.3 Å². The van der Waals surface area contributed by atoms with E-state index in [1.165, 1.54) is 10.5 Å². The molecule has 0 radical (unpaired) electrons. The molecule has 0 aromatic heterocycles. The Morgan fingerprint density at radius 3 is 2.35 bits per heavy atom. The quantitative estimate of drug-likeness (QED) is 0.207. The van der Waals surface area contributed by atoms with Crippen LogP contribution in [0.25, 0.3) is 0 Å². The predicted octanol–water partition coefficient (Wildman–Crippen LogP) is 1.70. The summed E-state index contributed by atoms with van der Waals surface area (Å²) in [5, 5.41) is 6.24. The van der Waals surface area contributed by atoms with Gasteiger partial charge in [-0.3, -0.25) is 19.5 Å². The first-order valence-electron chi connectivity index (χ1n) is 8.57. The number of aliphatic imine (C=N–C) groups is 1. The van der Waals surface area contributed by atoms with Crippen molar-refractivity contribution in [2.45, 2.75) is 26.2 Å². The van der Waals surface area contributed by atoms with Crippen molar-refractivity contribution in [3.8, 4) is 5.75 Å². The van der Waals surface area contributed by atoms with E-state index in [2.05, 4.69) is 15.6 Å². The fraction of sp³-hybridized carbons (Fsp3) is 0.500. The molecule has 1 aromatic rings. The van der Waals surface area contributed by atoms with Crippen LogP contribution in [0, 0.1) is 6.92 Å². The number of aryl methyl sites for hydroxylation is 1. The number of halogens is 1. The Hall–Kier alpha value is -1.84. The van der Waals surface area contributed by atoms with Gasteiger partial charge in [0, 0.05) is 33.0 Å². The number of likely N-dealkylation sites (tertiary alicyclic amines) is 1. The molecule has 2 amide bonds. The third-order valence-corrected chi connectivity index (χ3v) is 3.92. The predicted molar refractivity (Wildman–Crippen MR) is 112 cm³/mol. The molecule has 144 valence electrons. The number of rotatable bonds is 7. The lowest BCUT2D eigenvalue weighted by Gasteiger charge is -2.25. The molecule has 1 heterocycles. The largest absolute Gasteiger partial charge is 0.492 e. The van der Waals surface area contributed by atoms with Gasteiger partial charge in [-0.15, -0.1) is 24.0 Å². The zero-order valence-electron chi connectivity index (χ0n) is 15.3. The Morgan fingerprint density at radius 2 is 1.73 bits per heavy atom. The highest BCUT2D eigenvalue weighted by molar-refractivity contribution is 14.0. The third-order valence-electron chi connectivity index (χ3n) is 3.92. The highest BCUT2D eigenvalue weighted by Crippen LogP contribution is 2.11. The first-order chi connectivity index (χ1) is 12.1. The molecule has 26 heavy (non-hydrogen) atoms. The van der Waals surface area contributed by atoms with Crippen molar-refractivity contribution in [1.82, 2.24) is 15.5 Å². The first kappa shape index (κ1) is 22.2. The maximum Gasteiger partial charge on any atom is 0.229 e. The van der Waals surface area contributed by atoms with Crippen LogP contribution in [0.2, 0.25) is 0 Å². The number of imide groups is 1. The van der Waals surface area contributed by atoms with Crippen molar-refractivity contribution in [3.63, 3.8) is 0 Å². The van der Waals surface area contributed by atoms with Crippen LogP contribution in [0.4, 0.5) is 0 Å². The molecule has 0 aliphatic carbocycles. The normalized spacial score (nSPS) is 14.7. The molecule has 1 saturated heterocycles. The van der Waals surface area contributed by atoms with Gasteiger partial charge in [0.2, 0.25) is 11.8 Å². The molecule has 0 saturated carbocycles. The van der Waals surface area contributed by atoms with Crippen LogP contribution in [0.15, 0.2) is 29.3 Å². The lowest BCUT2D eigenvalue weighted by molar-refractivity contribution is -0.147. The molecular formula is C18H27IN4O3. The number of guanidine groups is 1. The fourth-order valence-electron chi connectivity index (χ4n) is 2.53. The number of nitrogens with one attached hydrogen (secondary N) is 2. The second-order valence-electron chi connectivity index (χ2n) is 5.88. The van der Waals surface area contributed by atoms with Crippen molar-refractivity contribution in [3.05, 3.63) is 29.8 Å². The van der Waals surface area contributed by atoms with Crippen molar-refractivity contribution in [2.24, 2.45) is 4.99 Å². The van der Waals surface area contributed by atoms with Gasteiger partial charge in [0.25, 0.3) is 0 Å². The van der Waals surface area contributed by atoms with Gasteiger partial charge in [-0.05, 0) is 25.5 Å². The van der Waals surface area contributed by atoms with E-state index >= 15 is 0 Å². The molecule has 8 heteroatoms. The average molecular weight is 474 g/mol. The van der Waals surface area contributed by atoms with Crippen LogP contribution < -0.4 is 15.4 Å². The number of piperidine rings is 1. The SMILES string of the molecule is CN=C(NCCOc1ccc(C)cc1)NCCN1C(=O)CCCC1=O.I. The molecule has 2 N–H and O–H groups in total. The van der Waals surface area contributed by atoms with Gasteiger partial charge in [-0.1, -0.05) is 17.7 Å². The number of carbonyl (C=O) groups is 2. The van der Waals surface area contributed by atoms with Crippen LogP contribution in [0.3, 0.4) is 0 Å². The van der Waals surface area contributed by atoms with Gasteiger partial charge in [-0.2, -0.15) is 0 Å². The number of hydrogen-bond donors (Lipinski definition) is 2. The summed E-state index contributed by atoms with van der Waals surface area (Å²) in [6.07, 6.45) is 1.57. The highest BCUT2D eigenvalue weighted by Gasteiger charge is 2.25. The second-order valence-corrected chi connectivity index (χ2v) is 5.88. The minimum atomic E-state index is -0.0903. The van der Waals surface area contributed by atoms with E-state index in [1.807, 2.05) is 31.2 Å². The van der Waals surface area contributed by atoms with Gasteiger partial charge < -0.3 is 15.4 Å². The van der Waals surface area contributed by atoms with E-state index in [4.69, 9.17) is 4.74 Å². The Morgan fingerprint density at radius 1 is 1.12 bits per heavy atom. The zero-order valence-corrected chi connectivity index (χ0v) is 17.6. The molecule has 0 unspecified atom stereocenters. The minimum absolute atomic E-state index is 0. The van der Waals surface area contributed by atoms with Gasteiger partial charge in [0.15, 0.2) is 5.96 Å². The highest BCUT2D eigenvalue weighted by atomic mass is 127. The monoisotopic (exact) mass is 474 g/mol. The molecule has 0 bridgehead atoms. The number of ether oxygens (including phenoxy) is 1. The van der Waals surface area contributed by atoms with Crippen molar-refractivity contribution >= 4 is 41.8 Å².